The third kappa shape index (κ3) is 3.36. The number of carboxylic acid groups (broad SMARTS) is 1. The molecule has 2 aromatic heterocycles. The predicted molar refractivity (Wildman–Crippen MR) is 80.9 cm³/mol. The minimum Gasteiger partial charge on any atom is -0.481 e. The van der Waals surface area contributed by atoms with Crippen molar-refractivity contribution < 1.29 is 14.7 Å². The number of rotatable bonds is 5. The van der Waals surface area contributed by atoms with Crippen LogP contribution in [0.5, 0.6) is 0 Å². The summed E-state index contributed by atoms with van der Waals surface area (Å²) in [4.78, 5) is 29.2. The maximum atomic E-state index is 12.3. The Morgan fingerprint density at radius 2 is 1.91 bits per heavy atom. The predicted octanol–water partition coefficient (Wildman–Crippen LogP) is 1.49. The minimum absolute atomic E-state index is 0.0898. The van der Waals surface area contributed by atoms with Crippen molar-refractivity contribution in [2.45, 2.75) is 25.7 Å². The lowest BCUT2D eigenvalue weighted by Gasteiger charge is -2.18. The second-order valence-electron chi connectivity index (χ2n) is 5.57. The van der Waals surface area contributed by atoms with Crippen molar-refractivity contribution in [3.63, 3.8) is 0 Å². The van der Waals surface area contributed by atoms with Crippen LogP contribution >= 0.6 is 0 Å². The van der Waals surface area contributed by atoms with E-state index >= 15 is 0 Å². The van der Waals surface area contributed by atoms with Gasteiger partial charge < -0.3 is 10.4 Å². The number of hydrogen-bond acceptors (Lipinski definition) is 5. The van der Waals surface area contributed by atoms with E-state index < -0.39 is 17.8 Å². The summed E-state index contributed by atoms with van der Waals surface area (Å²) in [5, 5.41) is 19.9. The molecule has 2 N–H and O–H groups in total. The Kier molecular flexibility index (Phi) is 4.31. The number of pyridine rings is 1. The fraction of sp³-hybridized carbons (Fsp3) is 0.400. The molecule has 120 valence electrons. The van der Waals surface area contributed by atoms with Gasteiger partial charge in [0.05, 0.1) is 24.3 Å². The second-order valence-corrected chi connectivity index (χ2v) is 5.57. The van der Waals surface area contributed by atoms with Crippen molar-refractivity contribution in [2.75, 3.05) is 5.32 Å². The molecule has 2 heterocycles. The Labute approximate surface area is 132 Å². The van der Waals surface area contributed by atoms with Crippen molar-refractivity contribution in [3.05, 3.63) is 30.7 Å². The van der Waals surface area contributed by atoms with Crippen LogP contribution in [0.15, 0.2) is 30.7 Å². The number of aliphatic carboxylic acids is 1. The first-order valence-corrected chi connectivity index (χ1v) is 7.51. The molecule has 0 saturated heterocycles. The monoisotopic (exact) mass is 315 g/mol. The van der Waals surface area contributed by atoms with Crippen molar-refractivity contribution in [1.82, 2.24) is 20.0 Å². The smallest absolute Gasteiger partial charge is 0.316 e. The molecule has 3 rings (SSSR count). The Morgan fingerprint density at radius 1 is 1.22 bits per heavy atom. The quantitative estimate of drug-likeness (QED) is 0.809. The van der Waals surface area contributed by atoms with E-state index in [-0.39, 0.29) is 5.92 Å². The number of anilines is 1. The average molecular weight is 315 g/mol. The molecule has 1 saturated carbocycles. The van der Waals surface area contributed by atoms with Gasteiger partial charge in [0.1, 0.15) is 5.92 Å². The zero-order valence-corrected chi connectivity index (χ0v) is 12.4. The molecule has 1 amide bonds. The average Bonchev–Trinajstić information content (AvgIpc) is 3.21. The van der Waals surface area contributed by atoms with Gasteiger partial charge in [-0.3, -0.25) is 9.59 Å². The standard InChI is InChI=1S/C15H17N5O3/c21-14(13(15(22)23)10-3-1-2-4-10)19-11-5-6-12(16-9-11)20-17-7-8-18-20/h5-10,13H,1-4H2,(H,19,21)(H,22,23). The normalized spacial score (nSPS) is 16.2. The maximum absolute atomic E-state index is 12.3. The summed E-state index contributed by atoms with van der Waals surface area (Å²) in [6, 6.07) is 3.30. The molecule has 0 radical (unpaired) electrons. The van der Waals surface area contributed by atoms with Crippen LogP contribution in [0.4, 0.5) is 5.69 Å². The molecule has 8 nitrogen and oxygen atoms in total. The van der Waals surface area contributed by atoms with Crippen molar-refractivity contribution in [1.29, 1.82) is 0 Å². The molecule has 8 heteroatoms. The number of carboxylic acids is 1. The molecule has 1 aliphatic rings. The molecule has 0 aromatic carbocycles. The van der Waals surface area contributed by atoms with Crippen LogP contribution in [0.25, 0.3) is 5.82 Å². The van der Waals surface area contributed by atoms with Gasteiger partial charge in [-0.05, 0) is 30.9 Å². The Morgan fingerprint density at radius 3 is 2.48 bits per heavy atom. The van der Waals surface area contributed by atoms with Crippen molar-refractivity contribution in [2.24, 2.45) is 11.8 Å². The highest BCUT2D eigenvalue weighted by Gasteiger charge is 2.36. The third-order valence-corrected chi connectivity index (χ3v) is 4.06. The largest absolute Gasteiger partial charge is 0.481 e. The lowest BCUT2D eigenvalue weighted by Crippen LogP contribution is -2.34. The highest BCUT2D eigenvalue weighted by molar-refractivity contribution is 6.04. The molecule has 1 aliphatic carbocycles. The summed E-state index contributed by atoms with van der Waals surface area (Å²) in [6.45, 7) is 0. The maximum Gasteiger partial charge on any atom is 0.316 e. The summed E-state index contributed by atoms with van der Waals surface area (Å²) < 4.78 is 0. The number of amides is 1. The van der Waals surface area contributed by atoms with Gasteiger partial charge in [-0.2, -0.15) is 10.2 Å². The number of nitrogens with zero attached hydrogens (tertiary/aromatic N) is 4. The summed E-state index contributed by atoms with van der Waals surface area (Å²) in [5.41, 5.74) is 0.454. The highest BCUT2D eigenvalue weighted by Crippen LogP contribution is 2.32. The van der Waals surface area contributed by atoms with E-state index in [1.165, 1.54) is 23.4 Å². The third-order valence-electron chi connectivity index (χ3n) is 4.06. The van der Waals surface area contributed by atoms with Gasteiger partial charge in [0.15, 0.2) is 5.82 Å². The van der Waals surface area contributed by atoms with E-state index in [9.17, 15) is 14.7 Å². The fourth-order valence-electron chi connectivity index (χ4n) is 2.95. The highest BCUT2D eigenvalue weighted by atomic mass is 16.4. The Bertz CT molecular complexity index is 678. The van der Waals surface area contributed by atoms with Crippen LogP contribution in [-0.4, -0.2) is 37.0 Å². The van der Waals surface area contributed by atoms with E-state index in [4.69, 9.17) is 0 Å². The van der Waals surface area contributed by atoms with E-state index in [0.29, 0.717) is 11.5 Å². The van der Waals surface area contributed by atoms with Gasteiger partial charge in [-0.25, -0.2) is 4.98 Å². The number of hydrogen-bond donors (Lipinski definition) is 2. The SMILES string of the molecule is O=C(O)C(C(=O)Nc1ccc(-n2nccn2)nc1)C1CCCC1. The van der Waals surface area contributed by atoms with Crippen LogP contribution in [0.2, 0.25) is 0 Å². The molecule has 2 aromatic rings. The fourth-order valence-corrected chi connectivity index (χ4v) is 2.95. The molecule has 0 bridgehead atoms. The van der Waals surface area contributed by atoms with Crippen LogP contribution in [0.3, 0.4) is 0 Å². The number of nitrogens with one attached hydrogen (secondary N) is 1. The Hall–Kier alpha value is -2.77. The number of aromatic nitrogens is 4. The van der Waals surface area contributed by atoms with Gasteiger partial charge in [0.25, 0.3) is 0 Å². The van der Waals surface area contributed by atoms with Crippen LogP contribution in [0.1, 0.15) is 25.7 Å². The van der Waals surface area contributed by atoms with Gasteiger partial charge in [0, 0.05) is 0 Å². The van der Waals surface area contributed by atoms with Crippen molar-refractivity contribution >= 4 is 17.6 Å². The molecule has 1 fully saturated rings. The van der Waals surface area contributed by atoms with Crippen LogP contribution in [-0.2, 0) is 9.59 Å². The van der Waals surface area contributed by atoms with E-state index in [1.54, 1.807) is 12.1 Å². The van der Waals surface area contributed by atoms with Crippen LogP contribution in [0, 0.1) is 11.8 Å². The van der Waals surface area contributed by atoms with E-state index in [2.05, 4.69) is 20.5 Å². The molecule has 1 unspecified atom stereocenters. The summed E-state index contributed by atoms with van der Waals surface area (Å²) in [5.74, 6) is -2.15. The number of carbonyl (C=O) groups excluding carboxylic acids is 1. The van der Waals surface area contributed by atoms with Crippen LogP contribution < -0.4 is 5.32 Å². The second kappa shape index (κ2) is 6.55. The van der Waals surface area contributed by atoms with Crippen molar-refractivity contribution in [3.8, 4) is 5.82 Å². The van der Waals surface area contributed by atoms with E-state index in [0.717, 1.165) is 25.7 Å². The first-order chi connectivity index (χ1) is 11.1. The molecule has 0 aliphatic heterocycles. The topological polar surface area (TPSA) is 110 Å². The minimum atomic E-state index is -1.07. The molecule has 1 atom stereocenters. The Balaban J connectivity index is 1.70. The zero-order valence-electron chi connectivity index (χ0n) is 12.4. The van der Waals surface area contributed by atoms with Gasteiger partial charge in [-0.1, -0.05) is 12.8 Å². The summed E-state index contributed by atoms with van der Waals surface area (Å²) in [6.07, 6.45) is 8.07. The molecular formula is C15H17N5O3. The zero-order chi connectivity index (χ0) is 16.2. The first kappa shape index (κ1) is 15.1. The van der Waals surface area contributed by atoms with E-state index in [1.807, 2.05) is 0 Å². The number of carbonyl (C=O) groups is 2. The summed E-state index contributed by atoms with van der Waals surface area (Å²) >= 11 is 0. The van der Waals surface area contributed by atoms with Gasteiger partial charge in [0.2, 0.25) is 5.91 Å². The van der Waals surface area contributed by atoms with Gasteiger partial charge >= 0.3 is 5.97 Å². The molecule has 23 heavy (non-hydrogen) atoms. The van der Waals surface area contributed by atoms with Gasteiger partial charge in [-0.15, -0.1) is 4.80 Å². The molecule has 0 spiro atoms. The lowest BCUT2D eigenvalue weighted by molar-refractivity contribution is -0.147. The lowest BCUT2D eigenvalue weighted by atomic mass is 9.90. The first-order valence-electron chi connectivity index (χ1n) is 7.51. The summed E-state index contributed by atoms with van der Waals surface area (Å²) in [7, 11) is 0. The molecular weight excluding hydrogens is 298 g/mol.